The summed E-state index contributed by atoms with van der Waals surface area (Å²) in [6.45, 7) is 6.39. The number of hydrogen-bond donors (Lipinski definition) is 2. The average Bonchev–Trinajstić information content (AvgIpc) is 3.53. The number of pyridine rings is 1. The summed E-state index contributed by atoms with van der Waals surface area (Å²) < 4.78 is 54.2. The average molecular weight is 570 g/mol. The summed E-state index contributed by atoms with van der Waals surface area (Å²) in [7, 11) is 0. The number of halogens is 4. The number of aromatic amines is 1. The van der Waals surface area contributed by atoms with E-state index in [1.54, 1.807) is 18.3 Å². The van der Waals surface area contributed by atoms with Gasteiger partial charge in [-0.05, 0) is 54.6 Å². The molecule has 41 heavy (non-hydrogen) atoms. The normalized spacial score (nSPS) is 19.5. The number of amides is 1. The predicted octanol–water partition coefficient (Wildman–Crippen LogP) is 5.77. The Hall–Kier alpha value is -4.06. The van der Waals surface area contributed by atoms with E-state index < -0.39 is 17.8 Å². The predicted molar refractivity (Wildman–Crippen MR) is 152 cm³/mol. The van der Waals surface area contributed by atoms with Crippen molar-refractivity contribution in [3.63, 3.8) is 0 Å². The zero-order chi connectivity index (χ0) is 29.2. The van der Waals surface area contributed by atoms with E-state index in [0.717, 1.165) is 16.7 Å². The highest BCUT2D eigenvalue weighted by molar-refractivity contribution is 6.11. The van der Waals surface area contributed by atoms with Crippen LogP contribution in [0, 0.1) is 0 Å². The van der Waals surface area contributed by atoms with Gasteiger partial charge in [-0.15, -0.1) is 0 Å². The van der Waals surface area contributed by atoms with Crippen LogP contribution < -0.4 is 10.2 Å². The number of carbonyl (C=O) groups is 1. The monoisotopic (exact) mass is 569 g/mol. The van der Waals surface area contributed by atoms with Gasteiger partial charge < -0.3 is 10.2 Å². The summed E-state index contributed by atoms with van der Waals surface area (Å²) in [5.74, 6) is -5.36. The van der Waals surface area contributed by atoms with Crippen molar-refractivity contribution in [2.45, 2.75) is 38.0 Å². The molecule has 216 valence electrons. The summed E-state index contributed by atoms with van der Waals surface area (Å²) in [6, 6.07) is 8.81. The number of H-pyrrole nitrogens is 1. The molecule has 4 heterocycles. The van der Waals surface area contributed by atoms with Gasteiger partial charge in [0.1, 0.15) is 5.82 Å². The highest BCUT2D eigenvalue weighted by Gasteiger charge is 2.38. The van der Waals surface area contributed by atoms with Crippen LogP contribution in [-0.4, -0.2) is 77.3 Å². The van der Waals surface area contributed by atoms with Crippen LogP contribution in [-0.2, 0) is 0 Å². The Balaban J connectivity index is 1.29. The van der Waals surface area contributed by atoms with E-state index in [9.17, 15) is 22.4 Å². The van der Waals surface area contributed by atoms with Gasteiger partial charge >= 0.3 is 0 Å². The molecular weight excluding hydrogens is 538 g/mol. The molecule has 0 spiro atoms. The van der Waals surface area contributed by atoms with Crippen molar-refractivity contribution in [1.29, 1.82) is 0 Å². The summed E-state index contributed by atoms with van der Waals surface area (Å²) in [6.07, 6.45) is 4.46. The molecule has 2 aliphatic heterocycles. The van der Waals surface area contributed by atoms with Crippen LogP contribution in [0.25, 0.3) is 16.5 Å². The molecule has 5 rings (SSSR count). The van der Waals surface area contributed by atoms with Crippen LogP contribution in [0.3, 0.4) is 0 Å². The fraction of sp³-hybridized carbons (Fsp3) is 0.379. The Morgan fingerprint density at radius 2 is 1.88 bits per heavy atom. The number of rotatable bonds is 8. The van der Waals surface area contributed by atoms with Crippen molar-refractivity contribution in [3.05, 3.63) is 65.6 Å². The number of aliphatic imine (C=N–C) groups is 1. The Kier molecular flexibility index (Phi) is 7.94. The van der Waals surface area contributed by atoms with Crippen LogP contribution in [0.2, 0.25) is 0 Å². The molecule has 2 saturated heterocycles. The molecule has 0 bridgehead atoms. The molecule has 0 unspecified atom stereocenters. The quantitative estimate of drug-likeness (QED) is 0.204. The van der Waals surface area contributed by atoms with Gasteiger partial charge in [0.2, 0.25) is 0 Å². The van der Waals surface area contributed by atoms with E-state index in [1.807, 2.05) is 36.1 Å². The Bertz CT molecular complexity index is 1490. The maximum Gasteiger partial charge on any atom is 0.276 e. The molecule has 12 heteroatoms. The van der Waals surface area contributed by atoms with Crippen molar-refractivity contribution in [2.75, 3.05) is 42.9 Å². The van der Waals surface area contributed by atoms with Crippen molar-refractivity contribution in [1.82, 2.24) is 20.1 Å². The lowest BCUT2D eigenvalue weighted by Gasteiger charge is -2.31. The van der Waals surface area contributed by atoms with Crippen molar-refractivity contribution >= 4 is 40.6 Å². The molecule has 0 radical (unpaired) electrons. The summed E-state index contributed by atoms with van der Waals surface area (Å²) in [5.41, 5.74) is 3.85. The molecular formula is C29H31F4N7O. The van der Waals surface area contributed by atoms with E-state index in [2.05, 4.69) is 32.2 Å². The molecule has 2 aliphatic rings. The molecule has 3 aromatic rings. The number of piperidine rings is 1. The number of hydrogen-bond acceptors (Lipinski definition) is 6. The number of aromatic nitrogens is 3. The van der Waals surface area contributed by atoms with Gasteiger partial charge in [0.25, 0.3) is 17.8 Å². The minimum absolute atomic E-state index is 0.163. The first-order chi connectivity index (χ1) is 19.5. The lowest BCUT2D eigenvalue weighted by atomic mass is 10.0. The van der Waals surface area contributed by atoms with Gasteiger partial charge in [0.15, 0.2) is 5.69 Å². The van der Waals surface area contributed by atoms with Gasteiger partial charge in [-0.25, -0.2) is 22.5 Å². The lowest BCUT2D eigenvalue weighted by molar-refractivity contribution is -0.0533. The molecule has 2 N–H and O–H groups in total. The molecule has 2 aromatic heterocycles. The second-order valence-electron chi connectivity index (χ2n) is 10.6. The fourth-order valence-corrected chi connectivity index (χ4v) is 5.10. The molecule has 1 aromatic carbocycles. The van der Waals surface area contributed by atoms with Crippen molar-refractivity contribution in [2.24, 2.45) is 4.99 Å². The first-order valence-corrected chi connectivity index (χ1v) is 13.3. The van der Waals surface area contributed by atoms with E-state index >= 15 is 0 Å². The fourth-order valence-electron chi connectivity index (χ4n) is 5.10. The Labute approximate surface area is 234 Å². The van der Waals surface area contributed by atoms with E-state index in [0.29, 0.717) is 42.0 Å². The molecule has 8 nitrogen and oxygen atoms in total. The summed E-state index contributed by atoms with van der Waals surface area (Å²) in [5, 5.41) is 10.4. The van der Waals surface area contributed by atoms with E-state index in [4.69, 9.17) is 0 Å². The second-order valence-corrected chi connectivity index (χ2v) is 10.6. The number of carbonyl (C=O) groups excluding carboxylic acids is 1. The number of alkyl halides is 4. The Morgan fingerprint density at radius 1 is 1.12 bits per heavy atom. The maximum atomic E-state index is 13.6. The number of likely N-dealkylation sites (tertiary alicyclic amines) is 1. The van der Waals surface area contributed by atoms with Crippen LogP contribution in [0.15, 0.2) is 59.4 Å². The number of benzene rings is 1. The zero-order valence-electron chi connectivity index (χ0n) is 22.6. The number of allylic oxidation sites excluding steroid dienone is 1. The summed E-state index contributed by atoms with van der Waals surface area (Å²) >= 11 is 0. The second kappa shape index (κ2) is 11.4. The van der Waals surface area contributed by atoms with Crippen LogP contribution in [0.4, 0.5) is 29.1 Å². The van der Waals surface area contributed by atoms with Crippen LogP contribution in [0.5, 0.6) is 0 Å². The number of nitrogens with one attached hydrogen (secondary N) is 2. The molecule has 0 atom stereocenters. The van der Waals surface area contributed by atoms with Gasteiger partial charge in [-0.1, -0.05) is 12.1 Å². The van der Waals surface area contributed by atoms with Crippen LogP contribution in [0.1, 0.15) is 42.2 Å². The highest BCUT2D eigenvalue weighted by Crippen LogP contribution is 2.31. The van der Waals surface area contributed by atoms with Gasteiger partial charge in [0.05, 0.1) is 23.9 Å². The topological polar surface area (TPSA) is 89.5 Å². The smallest absolute Gasteiger partial charge is 0.276 e. The zero-order valence-corrected chi connectivity index (χ0v) is 22.6. The maximum absolute atomic E-state index is 13.6. The van der Waals surface area contributed by atoms with E-state index in [-0.39, 0.29) is 38.0 Å². The minimum atomic E-state index is -2.73. The molecule has 0 saturated carbocycles. The Morgan fingerprint density at radius 3 is 2.54 bits per heavy atom. The first kappa shape index (κ1) is 28.5. The standard InChI is InChI=1S/C29H31F4N7O/c1-19(13-20(15-34-2)17-39-10-7-28(30,31)8-11-39)21-3-5-24-23(14-21)26(38-37-24)27(41)36-22-4-6-25(35-16-22)40-12-9-29(32,33)18-40/h3-6,13-16H,2,7-12,17-18H2,1H3,(H,36,41)(H,37,38)/b19-13+,20-15+. The van der Waals surface area contributed by atoms with Crippen molar-refractivity contribution in [3.8, 4) is 0 Å². The number of nitrogens with zero attached hydrogens (tertiary/aromatic N) is 5. The SMILES string of the molecule is C=N/C=C(\C=C(/C)c1ccc2[nH]nc(C(=O)Nc3ccc(N4CCC(F)(F)C4)nc3)c2c1)CN1CCC(F)(F)CC1. The largest absolute Gasteiger partial charge is 0.350 e. The molecule has 1 amide bonds. The highest BCUT2D eigenvalue weighted by atomic mass is 19.3. The lowest BCUT2D eigenvalue weighted by Crippen LogP contribution is -2.40. The first-order valence-electron chi connectivity index (χ1n) is 13.3. The third-order valence-corrected chi connectivity index (χ3v) is 7.39. The molecule has 2 fully saturated rings. The molecule has 0 aliphatic carbocycles. The third-order valence-electron chi connectivity index (χ3n) is 7.39. The third kappa shape index (κ3) is 6.82. The van der Waals surface area contributed by atoms with Gasteiger partial charge in [-0.3, -0.25) is 19.8 Å². The van der Waals surface area contributed by atoms with Crippen LogP contribution >= 0.6 is 0 Å². The minimum Gasteiger partial charge on any atom is -0.350 e. The number of fused-ring (bicyclic) bond motifs is 1. The van der Waals surface area contributed by atoms with Gasteiger partial charge in [0, 0.05) is 57.0 Å². The van der Waals surface area contributed by atoms with Gasteiger partial charge in [-0.2, -0.15) is 5.10 Å². The summed E-state index contributed by atoms with van der Waals surface area (Å²) in [4.78, 5) is 24.7. The number of anilines is 2. The van der Waals surface area contributed by atoms with E-state index in [1.165, 1.54) is 11.1 Å². The van der Waals surface area contributed by atoms with Crippen molar-refractivity contribution < 1.29 is 22.4 Å².